The number of hydrogen-bond acceptors (Lipinski definition) is 7. The van der Waals surface area contributed by atoms with Gasteiger partial charge in [-0.05, 0) is 57.4 Å². The van der Waals surface area contributed by atoms with E-state index in [1.165, 1.54) is 148 Å². The summed E-state index contributed by atoms with van der Waals surface area (Å²) >= 11 is 0. The second-order valence-electron chi connectivity index (χ2n) is 19.7. The van der Waals surface area contributed by atoms with Crippen molar-refractivity contribution in [1.29, 1.82) is 0 Å². The summed E-state index contributed by atoms with van der Waals surface area (Å²) < 4.78 is 30.1. The van der Waals surface area contributed by atoms with Gasteiger partial charge >= 0.3 is 5.97 Å². The molecule has 0 radical (unpaired) electrons. The Bertz CT molecular complexity index is 1160. The van der Waals surface area contributed by atoms with E-state index in [-0.39, 0.29) is 31.5 Å². The van der Waals surface area contributed by atoms with Crippen molar-refractivity contribution in [2.45, 2.75) is 270 Å². The number of amides is 1. The van der Waals surface area contributed by atoms with Crippen LogP contribution in [0, 0.1) is 0 Å². The van der Waals surface area contributed by atoms with Crippen molar-refractivity contribution in [3.63, 3.8) is 0 Å². The van der Waals surface area contributed by atoms with Crippen LogP contribution in [-0.2, 0) is 27.9 Å². The van der Waals surface area contributed by atoms with Gasteiger partial charge in [0, 0.05) is 12.8 Å². The van der Waals surface area contributed by atoms with Crippen molar-refractivity contribution < 1.29 is 37.3 Å². The van der Waals surface area contributed by atoms with Gasteiger partial charge in [-0.15, -0.1) is 0 Å². The maximum absolute atomic E-state index is 13.4. The quantitative estimate of drug-likeness (QED) is 0.0212. The lowest BCUT2D eigenvalue weighted by Crippen LogP contribution is -2.47. The zero-order valence-electron chi connectivity index (χ0n) is 43.0. The highest BCUT2D eigenvalue weighted by molar-refractivity contribution is 7.45. The summed E-state index contributed by atoms with van der Waals surface area (Å²) in [4.78, 5) is 39.7. The molecule has 0 aromatic carbocycles. The normalized spacial score (nSPS) is 14.0. The maximum Gasteiger partial charge on any atom is 0.306 e. The Morgan fingerprint density at radius 3 is 1.33 bits per heavy atom. The van der Waals surface area contributed by atoms with Crippen molar-refractivity contribution in [3.8, 4) is 0 Å². The molecule has 378 valence electrons. The molecule has 9 nitrogen and oxygen atoms in total. The Hall–Kier alpha value is -1.51. The average molecular weight is 925 g/mol. The molecule has 3 unspecified atom stereocenters. The van der Waals surface area contributed by atoms with E-state index in [0.717, 1.165) is 77.0 Å². The van der Waals surface area contributed by atoms with Gasteiger partial charge in [0.2, 0.25) is 5.91 Å². The molecule has 0 aromatic heterocycles. The molecule has 1 N–H and O–H groups in total. The van der Waals surface area contributed by atoms with Crippen molar-refractivity contribution in [2.24, 2.45) is 0 Å². The molecule has 0 aromatic rings. The molecule has 3 atom stereocenters. The minimum Gasteiger partial charge on any atom is -0.756 e. The number of hydrogen-bond donors (Lipinski definition) is 1. The predicted octanol–water partition coefficient (Wildman–Crippen LogP) is 15.2. The van der Waals surface area contributed by atoms with Crippen molar-refractivity contribution in [1.82, 2.24) is 5.32 Å². The zero-order chi connectivity index (χ0) is 47.3. The van der Waals surface area contributed by atoms with Crippen LogP contribution >= 0.6 is 7.82 Å². The maximum atomic E-state index is 13.4. The number of unbranched alkanes of at least 4 members (excludes halogenated alkanes) is 31. The van der Waals surface area contributed by atoms with E-state index in [2.05, 4.69) is 38.2 Å². The van der Waals surface area contributed by atoms with Crippen LogP contribution in [0.5, 0.6) is 0 Å². The van der Waals surface area contributed by atoms with Crippen LogP contribution in [0.1, 0.15) is 258 Å². The molecule has 0 heterocycles. The van der Waals surface area contributed by atoms with E-state index in [1.807, 2.05) is 33.3 Å². The second kappa shape index (κ2) is 45.3. The van der Waals surface area contributed by atoms with Gasteiger partial charge < -0.3 is 28.5 Å². The van der Waals surface area contributed by atoms with E-state index in [1.54, 1.807) is 0 Å². The highest BCUT2D eigenvalue weighted by atomic mass is 31.2. The highest BCUT2D eigenvalue weighted by Gasteiger charge is 2.27. The number of allylic oxidation sites excluding steroid dienone is 3. The number of ether oxygens (including phenoxy) is 1. The molecule has 0 fully saturated rings. The fourth-order valence-electron chi connectivity index (χ4n) is 7.87. The summed E-state index contributed by atoms with van der Waals surface area (Å²) in [6.07, 6.45) is 49.9. The van der Waals surface area contributed by atoms with Crippen LogP contribution < -0.4 is 10.2 Å². The van der Waals surface area contributed by atoms with Gasteiger partial charge in [0.05, 0.1) is 33.8 Å². The second-order valence-corrected chi connectivity index (χ2v) is 21.1. The van der Waals surface area contributed by atoms with Crippen LogP contribution in [0.4, 0.5) is 0 Å². The minimum absolute atomic E-state index is 0.0210. The lowest BCUT2D eigenvalue weighted by Gasteiger charge is -2.30. The van der Waals surface area contributed by atoms with E-state index in [9.17, 15) is 19.0 Å². The number of esters is 1. The molecule has 0 aliphatic heterocycles. The summed E-state index contributed by atoms with van der Waals surface area (Å²) in [6, 6.07) is -0.884. The number of quaternary nitrogens is 1. The Morgan fingerprint density at radius 2 is 0.906 bits per heavy atom. The molecule has 0 rings (SSSR count). The minimum atomic E-state index is -4.68. The van der Waals surface area contributed by atoms with Gasteiger partial charge in [0.15, 0.2) is 0 Å². The Labute approximate surface area is 396 Å². The molecule has 0 spiro atoms. The van der Waals surface area contributed by atoms with Crippen LogP contribution in [0.25, 0.3) is 0 Å². The third kappa shape index (κ3) is 45.6. The first-order valence-corrected chi connectivity index (χ1v) is 28.6. The molecule has 0 aliphatic rings. The van der Waals surface area contributed by atoms with Crippen LogP contribution in [0.15, 0.2) is 24.3 Å². The van der Waals surface area contributed by atoms with E-state index < -0.39 is 20.0 Å². The summed E-state index contributed by atoms with van der Waals surface area (Å²) in [6.45, 7) is 6.82. The lowest BCUT2D eigenvalue weighted by molar-refractivity contribution is -0.870. The van der Waals surface area contributed by atoms with Crippen molar-refractivity contribution in [3.05, 3.63) is 24.3 Å². The largest absolute Gasteiger partial charge is 0.756 e. The fourth-order valence-corrected chi connectivity index (χ4v) is 8.59. The first kappa shape index (κ1) is 62.5. The number of phosphoric acid groups is 1. The summed E-state index contributed by atoms with van der Waals surface area (Å²) in [5.74, 6) is -0.544. The number of carbonyl (C=O) groups excluding carboxylic acids is 2. The molecule has 0 bridgehead atoms. The Kier molecular flexibility index (Phi) is 44.2. The molecule has 0 saturated heterocycles. The van der Waals surface area contributed by atoms with Crippen molar-refractivity contribution >= 4 is 19.7 Å². The Balaban J connectivity index is 5.35. The topological polar surface area (TPSA) is 114 Å². The molecule has 0 saturated carbocycles. The predicted molar refractivity (Wildman–Crippen MR) is 270 cm³/mol. The summed E-state index contributed by atoms with van der Waals surface area (Å²) in [5, 5.41) is 3.01. The molecule has 0 aliphatic carbocycles. The third-order valence-electron chi connectivity index (χ3n) is 12.1. The molecule has 1 amide bonds. The van der Waals surface area contributed by atoms with Gasteiger partial charge in [0.25, 0.3) is 7.82 Å². The van der Waals surface area contributed by atoms with Crippen LogP contribution in [-0.4, -0.2) is 69.4 Å². The fraction of sp³-hybridized carbons (Fsp3) is 0.889. The van der Waals surface area contributed by atoms with Gasteiger partial charge in [0.1, 0.15) is 19.3 Å². The number of nitrogens with zero attached hydrogens (tertiary/aromatic N) is 1. The number of likely N-dealkylation sites (N-methyl/N-ethyl adjacent to an activating group) is 1. The SMILES string of the molecule is CCCCCCCCC/C=C/CCCCCCCC(=O)NC(COP(=O)([O-])OCC[N+](C)(C)C)C(/C=C\CCCCCCCCCCC)OC(=O)CCCCCCCCCCCCC. The highest BCUT2D eigenvalue weighted by Crippen LogP contribution is 2.38. The van der Waals surface area contributed by atoms with Gasteiger partial charge in [-0.1, -0.05) is 212 Å². The molecule has 10 heteroatoms. The number of nitrogens with one attached hydrogen (secondary N) is 1. The molecule has 64 heavy (non-hydrogen) atoms. The number of carbonyl (C=O) groups is 2. The van der Waals surface area contributed by atoms with E-state index in [4.69, 9.17) is 13.8 Å². The molecular weight excluding hydrogens is 820 g/mol. The van der Waals surface area contributed by atoms with Gasteiger partial charge in [-0.25, -0.2) is 0 Å². The number of phosphoric ester groups is 1. The van der Waals surface area contributed by atoms with E-state index >= 15 is 0 Å². The van der Waals surface area contributed by atoms with E-state index in [0.29, 0.717) is 17.4 Å². The smallest absolute Gasteiger partial charge is 0.306 e. The van der Waals surface area contributed by atoms with Crippen LogP contribution in [0.2, 0.25) is 0 Å². The Morgan fingerprint density at radius 1 is 0.531 bits per heavy atom. The van der Waals surface area contributed by atoms with Gasteiger partial charge in [-0.3, -0.25) is 14.2 Å². The zero-order valence-corrected chi connectivity index (χ0v) is 43.9. The number of rotatable bonds is 49. The summed E-state index contributed by atoms with van der Waals surface area (Å²) in [5.41, 5.74) is 0. The first-order chi connectivity index (χ1) is 30.9. The third-order valence-corrected chi connectivity index (χ3v) is 13.1. The van der Waals surface area contributed by atoms with Crippen LogP contribution in [0.3, 0.4) is 0 Å². The standard InChI is InChI=1S/C54H105N2O7P/c1-7-10-13-16-19-22-25-26-27-28-29-32-34-37-40-43-46-53(57)55-51(50-62-64(59,60)61-49-48-56(4,5)6)52(45-42-39-36-33-30-23-20-17-14-11-8-2)63-54(58)47-44-41-38-35-31-24-21-18-15-12-9-3/h27-28,42,45,51-52H,7-26,29-41,43-44,46-50H2,1-6H3,(H-,55,57,59,60)/b28-27+,45-42-. The molecular formula is C54H105N2O7P. The lowest BCUT2D eigenvalue weighted by atomic mass is 10.0. The average Bonchev–Trinajstić information content (AvgIpc) is 3.25. The van der Waals surface area contributed by atoms with Gasteiger partial charge in [-0.2, -0.15) is 0 Å². The first-order valence-electron chi connectivity index (χ1n) is 27.1. The monoisotopic (exact) mass is 925 g/mol. The van der Waals surface area contributed by atoms with Crippen molar-refractivity contribution in [2.75, 3.05) is 40.9 Å². The summed E-state index contributed by atoms with van der Waals surface area (Å²) in [7, 11) is 1.19.